The van der Waals surface area contributed by atoms with E-state index in [4.69, 9.17) is 0 Å². The first-order chi connectivity index (χ1) is 0. The smallest absolute Gasteiger partial charge is 2.00 e. The normalized spacial score (nSPS) is 0. The van der Waals surface area contributed by atoms with Crippen molar-refractivity contribution in [1.29, 1.82) is 0 Å². The Hall–Kier alpha value is 1.43. The van der Waals surface area contributed by atoms with Crippen LogP contribution in [0.2, 0.25) is 0 Å². The van der Waals surface area contributed by atoms with E-state index in [-0.39, 0.29) is 62.3 Å². The van der Waals surface area contributed by atoms with E-state index in [1.54, 1.807) is 0 Å². The van der Waals surface area contributed by atoms with Gasteiger partial charge in [0.25, 0.3) is 0 Å². The molecule has 0 fully saturated rings. The largest absolute Gasteiger partial charge is 3.00 e. The standard InChI is InChI=1S/Fe.Li.3O.P/q+2;+1;3*-2;+3. The van der Waals surface area contributed by atoms with Gasteiger partial charge in [-0.25, -0.2) is 0 Å². The van der Waals surface area contributed by atoms with E-state index in [2.05, 4.69) is 0 Å². The summed E-state index contributed by atoms with van der Waals surface area (Å²) >= 11 is 0. The van der Waals surface area contributed by atoms with Crippen molar-refractivity contribution in [2.45, 2.75) is 0 Å². The maximum absolute atomic E-state index is 0. The molecule has 0 aliphatic carbocycles. The van der Waals surface area contributed by atoms with Gasteiger partial charge in [-0.3, -0.25) is 0 Å². The topological polar surface area (TPSA) is 85.5 Å². The van der Waals surface area contributed by atoms with Crippen molar-refractivity contribution in [2.24, 2.45) is 0 Å². The molecule has 0 spiro atoms. The van der Waals surface area contributed by atoms with Crippen molar-refractivity contribution in [3.05, 3.63) is 0 Å². The first-order valence-electron chi connectivity index (χ1n) is 0. The third kappa shape index (κ3) is 52.2. The van der Waals surface area contributed by atoms with Crippen molar-refractivity contribution < 1.29 is 52.4 Å². The molecule has 0 amide bonds. The van der Waals surface area contributed by atoms with Crippen LogP contribution in [0.1, 0.15) is 0 Å². The van der Waals surface area contributed by atoms with Gasteiger partial charge >= 0.3 is 45.8 Å². The fourth-order valence-corrected chi connectivity index (χ4v) is 0. The molecule has 0 rings (SSSR count). The van der Waals surface area contributed by atoms with Crippen LogP contribution in [0, 0.1) is 0 Å². The summed E-state index contributed by atoms with van der Waals surface area (Å²) in [5, 5.41) is 0. The average Bonchev–Trinajstić information content (AvgIpc) is 0. The average molecular weight is 142 g/mol. The number of hydrogen-bond donors (Lipinski definition) is 0. The zero-order valence-corrected chi connectivity index (χ0v) is 5.02. The van der Waals surface area contributed by atoms with Gasteiger partial charge < -0.3 is 16.4 Å². The minimum absolute atomic E-state index is 0. The summed E-state index contributed by atoms with van der Waals surface area (Å²) in [5.74, 6) is 0. The van der Waals surface area contributed by atoms with Gasteiger partial charge in [-0.05, 0) is 0 Å². The molecular weight excluding hydrogens is 142 g/mol. The van der Waals surface area contributed by atoms with Gasteiger partial charge in [0.05, 0.1) is 0 Å². The van der Waals surface area contributed by atoms with Crippen LogP contribution in [-0.4, -0.2) is 0 Å². The van der Waals surface area contributed by atoms with E-state index in [9.17, 15) is 0 Å². The molecule has 6 heavy (non-hydrogen) atoms. The van der Waals surface area contributed by atoms with Crippen LogP contribution in [0.3, 0.4) is 0 Å². The summed E-state index contributed by atoms with van der Waals surface area (Å²) in [6.07, 6.45) is 0. The molecule has 6 heteroatoms. The fourth-order valence-electron chi connectivity index (χ4n) is 0. The second kappa shape index (κ2) is 93.0. The van der Waals surface area contributed by atoms with Gasteiger partial charge in [-0.1, -0.05) is 0 Å². The quantitative estimate of drug-likeness (QED) is 0.264. The third-order valence-electron chi connectivity index (χ3n) is 0. The molecule has 2 radical (unpaired) electrons. The molecule has 32 valence electrons. The van der Waals surface area contributed by atoms with Gasteiger partial charge in [-0.15, -0.1) is 0 Å². The van der Waals surface area contributed by atoms with Crippen LogP contribution < -0.4 is 18.9 Å². The Kier molecular flexibility index (Phi) is 2330. The molecule has 0 aliphatic rings. The Balaban J connectivity index is 0. The third-order valence-corrected chi connectivity index (χ3v) is 0. The van der Waals surface area contributed by atoms with Gasteiger partial charge in [0, 0.05) is 0 Å². The summed E-state index contributed by atoms with van der Waals surface area (Å²) in [5.41, 5.74) is 0. The summed E-state index contributed by atoms with van der Waals surface area (Å²) in [4.78, 5) is 0. The SMILES string of the molecule is [Fe+2].[Li+].[O-2].[O-2].[O-2].[P+3]. The van der Waals surface area contributed by atoms with Crippen LogP contribution >= 0.6 is 9.90 Å². The minimum Gasteiger partial charge on any atom is -2.00 e. The van der Waals surface area contributed by atoms with Crippen LogP contribution in [-0.2, 0) is 33.5 Å². The number of hydrogen-bond acceptors (Lipinski definition) is 0. The molecule has 0 saturated carbocycles. The Labute approximate surface area is 62.5 Å². The van der Waals surface area contributed by atoms with Crippen molar-refractivity contribution in [1.82, 2.24) is 0 Å². The zero-order valence-electron chi connectivity index (χ0n) is 3.03. The summed E-state index contributed by atoms with van der Waals surface area (Å²) in [7, 11) is 0. The van der Waals surface area contributed by atoms with E-state index < -0.39 is 0 Å². The Morgan fingerprint density at radius 2 is 0.667 bits per heavy atom. The maximum atomic E-state index is 0. The fraction of sp³-hybridized carbons (Fsp3) is 0. The predicted octanol–water partition coefficient (Wildman–Crippen LogP) is -2.49. The van der Waals surface area contributed by atoms with Crippen LogP contribution in [0.4, 0.5) is 0 Å². The molecule has 0 atom stereocenters. The van der Waals surface area contributed by atoms with Gasteiger partial charge in [0.15, 0.2) is 0 Å². The van der Waals surface area contributed by atoms with Crippen molar-refractivity contribution in [2.75, 3.05) is 0 Å². The molecule has 0 aromatic carbocycles. The molecule has 0 N–H and O–H groups in total. The Morgan fingerprint density at radius 3 is 0.667 bits per heavy atom. The molecule has 0 unspecified atom stereocenters. The second-order valence-electron chi connectivity index (χ2n) is 0. The Bertz CT molecular complexity index is 10.8. The zero-order chi connectivity index (χ0) is 0. The van der Waals surface area contributed by atoms with Crippen molar-refractivity contribution in [3.8, 4) is 0 Å². The van der Waals surface area contributed by atoms with E-state index >= 15 is 0 Å². The second-order valence-corrected chi connectivity index (χ2v) is 0. The van der Waals surface area contributed by atoms with Gasteiger partial charge in [-0.2, -0.15) is 0 Å². The molecule has 3 nitrogen and oxygen atoms in total. The van der Waals surface area contributed by atoms with E-state index in [0.29, 0.717) is 0 Å². The van der Waals surface area contributed by atoms with Gasteiger partial charge in [0.1, 0.15) is 0 Å². The van der Waals surface area contributed by atoms with Crippen LogP contribution in [0.25, 0.3) is 0 Å². The van der Waals surface area contributed by atoms with Crippen LogP contribution in [0.5, 0.6) is 0 Å². The number of rotatable bonds is 0. The van der Waals surface area contributed by atoms with E-state index in [0.717, 1.165) is 0 Å². The molecular formula is FeLiO3P. The van der Waals surface area contributed by atoms with E-state index in [1.165, 1.54) is 0 Å². The first-order valence-corrected chi connectivity index (χ1v) is 0. The molecule has 0 aromatic heterocycles. The molecule has 0 heterocycles. The first kappa shape index (κ1) is 151. The monoisotopic (exact) mass is 142 g/mol. The summed E-state index contributed by atoms with van der Waals surface area (Å²) in [6, 6.07) is 0. The van der Waals surface area contributed by atoms with Crippen molar-refractivity contribution in [3.63, 3.8) is 0 Å². The van der Waals surface area contributed by atoms with E-state index in [1.807, 2.05) is 0 Å². The van der Waals surface area contributed by atoms with Crippen LogP contribution in [0.15, 0.2) is 0 Å². The molecule has 0 aliphatic heterocycles. The summed E-state index contributed by atoms with van der Waals surface area (Å²) < 4.78 is 0. The Morgan fingerprint density at radius 1 is 0.667 bits per heavy atom. The maximum Gasteiger partial charge on any atom is 3.00 e. The minimum atomic E-state index is 0. The predicted molar refractivity (Wildman–Crippen MR) is 8.98 cm³/mol. The molecule has 0 saturated heterocycles. The van der Waals surface area contributed by atoms with Gasteiger partial charge in [0.2, 0.25) is 0 Å². The molecule has 0 aromatic rings. The van der Waals surface area contributed by atoms with Crippen molar-refractivity contribution >= 4 is 9.90 Å². The summed E-state index contributed by atoms with van der Waals surface area (Å²) in [6.45, 7) is 0. The molecule has 0 bridgehead atoms.